The lowest BCUT2D eigenvalue weighted by molar-refractivity contribution is -0.142. The predicted octanol–water partition coefficient (Wildman–Crippen LogP) is 0.125. The Morgan fingerprint density at radius 1 is 1.35 bits per heavy atom. The molecule has 0 radical (unpaired) electrons. The first-order valence-electron chi connectivity index (χ1n) is 8.18. The first-order chi connectivity index (χ1) is 12.6. The van der Waals surface area contributed by atoms with E-state index in [0.717, 1.165) is 11.8 Å². The minimum Gasteiger partial charge on any atom is -0.443 e. The number of nitrogens with zero attached hydrogens (tertiary/aromatic N) is 1. The van der Waals surface area contributed by atoms with Crippen molar-refractivity contribution >= 4 is 35.2 Å². The summed E-state index contributed by atoms with van der Waals surface area (Å²) in [4.78, 5) is 48.5. The lowest BCUT2D eigenvalue weighted by Gasteiger charge is -2.25. The average Bonchev–Trinajstić information content (AvgIpc) is 3.16. The predicted molar refractivity (Wildman–Crippen MR) is 96.1 cm³/mol. The van der Waals surface area contributed by atoms with Gasteiger partial charge in [-0.2, -0.15) is 0 Å². The van der Waals surface area contributed by atoms with Crippen molar-refractivity contribution in [1.82, 2.24) is 10.2 Å². The zero-order valence-electron chi connectivity index (χ0n) is 14.1. The molecule has 1 heterocycles. The van der Waals surface area contributed by atoms with Crippen LogP contribution in [-0.4, -0.2) is 59.4 Å². The van der Waals surface area contributed by atoms with E-state index in [-0.39, 0.29) is 29.8 Å². The molecule has 2 unspecified atom stereocenters. The monoisotopic (exact) mass is 379 g/mol. The summed E-state index contributed by atoms with van der Waals surface area (Å²) >= 11 is 0.936. The third-order valence-electron chi connectivity index (χ3n) is 3.95. The second-order valence-corrected chi connectivity index (χ2v) is 6.64. The summed E-state index contributed by atoms with van der Waals surface area (Å²) < 4.78 is 4.87. The number of nitrogens with one attached hydrogen (secondary N) is 1. The zero-order valence-corrected chi connectivity index (χ0v) is 14.9. The number of rotatable bonds is 8. The van der Waals surface area contributed by atoms with Crippen molar-refractivity contribution in [2.75, 3.05) is 18.8 Å². The summed E-state index contributed by atoms with van der Waals surface area (Å²) in [7, 11) is 0. The van der Waals surface area contributed by atoms with Gasteiger partial charge in [-0.25, -0.2) is 0 Å². The van der Waals surface area contributed by atoms with Crippen molar-refractivity contribution in [2.45, 2.75) is 25.1 Å². The van der Waals surface area contributed by atoms with Crippen molar-refractivity contribution in [3.05, 3.63) is 35.9 Å². The molecule has 1 aromatic carbocycles. The standard InChI is InChI=1S/C17H21N3O5S/c18-9-15(22)20-8-4-7-13(20)16(23)19-14(25-11-21)10-26-17(24)12-5-2-1-3-6-12/h1-3,5-6,11,13-14H,4,7-10,18H2,(H,19,23). The zero-order chi connectivity index (χ0) is 18.9. The quantitative estimate of drug-likeness (QED) is 0.486. The van der Waals surface area contributed by atoms with E-state index in [4.69, 9.17) is 10.5 Å². The molecule has 0 saturated carbocycles. The average molecular weight is 379 g/mol. The molecular weight excluding hydrogens is 358 g/mol. The highest BCUT2D eigenvalue weighted by atomic mass is 32.2. The Morgan fingerprint density at radius 3 is 2.73 bits per heavy atom. The van der Waals surface area contributed by atoms with Crippen LogP contribution in [-0.2, 0) is 19.1 Å². The fourth-order valence-corrected chi connectivity index (χ4v) is 3.47. The van der Waals surface area contributed by atoms with Crippen LogP contribution in [0.1, 0.15) is 23.2 Å². The van der Waals surface area contributed by atoms with Crippen LogP contribution < -0.4 is 11.1 Å². The van der Waals surface area contributed by atoms with Gasteiger partial charge in [0.25, 0.3) is 6.47 Å². The van der Waals surface area contributed by atoms with Gasteiger partial charge >= 0.3 is 0 Å². The number of benzene rings is 1. The maximum atomic E-state index is 12.4. The largest absolute Gasteiger partial charge is 0.443 e. The van der Waals surface area contributed by atoms with E-state index in [1.807, 2.05) is 0 Å². The molecule has 9 heteroatoms. The van der Waals surface area contributed by atoms with Crippen molar-refractivity contribution in [2.24, 2.45) is 5.73 Å². The smallest absolute Gasteiger partial charge is 0.295 e. The van der Waals surface area contributed by atoms with Gasteiger partial charge in [0.15, 0.2) is 6.23 Å². The number of amides is 2. The Hall–Kier alpha value is -2.39. The molecule has 1 saturated heterocycles. The Balaban J connectivity index is 1.92. The highest BCUT2D eigenvalue weighted by Gasteiger charge is 2.34. The van der Waals surface area contributed by atoms with Crippen LogP contribution in [0.5, 0.6) is 0 Å². The molecule has 1 aliphatic heterocycles. The van der Waals surface area contributed by atoms with Gasteiger partial charge in [-0.3, -0.25) is 19.2 Å². The molecule has 2 atom stereocenters. The van der Waals surface area contributed by atoms with E-state index >= 15 is 0 Å². The second kappa shape index (κ2) is 9.93. The van der Waals surface area contributed by atoms with Crippen LogP contribution in [0.25, 0.3) is 0 Å². The molecule has 0 bridgehead atoms. The summed E-state index contributed by atoms with van der Waals surface area (Å²) in [5.41, 5.74) is 5.88. The van der Waals surface area contributed by atoms with Crippen LogP contribution in [0.3, 0.4) is 0 Å². The Labute approximate surface area is 155 Å². The Morgan fingerprint density at radius 2 is 2.08 bits per heavy atom. The molecule has 1 aromatic rings. The number of carbonyl (C=O) groups excluding carboxylic acids is 4. The van der Waals surface area contributed by atoms with Gasteiger partial charge in [0.05, 0.1) is 12.3 Å². The number of nitrogens with two attached hydrogens (primary N) is 1. The van der Waals surface area contributed by atoms with Gasteiger partial charge in [0, 0.05) is 12.1 Å². The first-order valence-corrected chi connectivity index (χ1v) is 9.16. The molecule has 2 amide bonds. The fourth-order valence-electron chi connectivity index (χ4n) is 2.70. The van der Waals surface area contributed by atoms with E-state index in [1.165, 1.54) is 4.90 Å². The molecule has 3 N–H and O–H groups in total. The van der Waals surface area contributed by atoms with E-state index < -0.39 is 18.2 Å². The van der Waals surface area contributed by atoms with Gasteiger partial charge in [-0.05, 0) is 12.8 Å². The molecule has 1 aliphatic rings. The van der Waals surface area contributed by atoms with E-state index in [2.05, 4.69) is 5.32 Å². The van der Waals surface area contributed by atoms with Crippen molar-refractivity contribution in [3.8, 4) is 0 Å². The molecule has 140 valence electrons. The highest BCUT2D eigenvalue weighted by molar-refractivity contribution is 8.14. The lowest BCUT2D eigenvalue weighted by atomic mass is 10.2. The normalized spacial score (nSPS) is 17.4. The second-order valence-electron chi connectivity index (χ2n) is 5.64. The number of likely N-dealkylation sites (tertiary alicyclic amines) is 1. The molecule has 8 nitrogen and oxygen atoms in total. The summed E-state index contributed by atoms with van der Waals surface area (Å²) in [6.07, 6.45) is 0.249. The third kappa shape index (κ3) is 5.30. The fraction of sp³-hybridized carbons (Fsp3) is 0.412. The topological polar surface area (TPSA) is 119 Å². The summed E-state index contributed by atoms with van der Waals surface area (Å²) in [6.45, 7) is 0.518. The summed E-state index contributed by atoms with van der Waals surface area (Å²) in [5, 5.41) is 2.38. The minimum atomic E-state index is -0.965. The van der Waals surface area contributed by atoms with Gasteiger partial charge in [0.2, 0.25) is 16.9 Å². The van der Waals surface area contributed by atoms with Crippen molar-refractivity contribution in [3.63, 3.8) is 0 Å². The maximum absolute atomic E-state index is 12.4. The van der Waals surface area contributed by atoms with Crippen LogP contribution in [0.4, 0.5) is 0 Å². The summed E-state index contributed by atoms with van der Waals surface area (Å²) in [5.74, 6) is -0.663. The van der Waals surface area contributed by atoms with Crippen molar-refractivity contribution in [1.29, 1.82) is 0 Å². The van der Waals surface area contributed by atoms with Gasteiger partial charge < -0.3 is 20.7 Å². The Kier molecular flexibility index (Phi) is 7.61. The number of ether oxygens (including phenoxy) is 1. The molecule has 2 rings (SSSR count). The number of hydrogen-bond acceptors (Lipinski definition) is 7. The third-order valence-corrected chi connectivity index (χ3v) is 4.92. The molecule has 0 spiro atoms. The van der Waals surface area contributed by atoms with Crippen LogP contribution >= 0.6 is 11.8 Å². The molecule has 0 aromatic heterocycles. The van der Waals surface area contributed by atoms with E-state index in [0.29, 0.717) is 24.9 Å². The van der Waals surface area contributed by atoms with Crippen LogP contribution in [0, 0.1) is 0 Å². The van der Waals surface area contributed by atoms with E-state index in [9.17, 15) is 19.2 Å². The first kappa shape index (κ1) is 19.9. The number of hydrogen-bond donors (Lipinski definition) is 2. The SMILES string of the molecule is NCC(=O)N1CCCC1C(=O)NC(CSC(=O)c1ccccc1)OC=O. The molecule has 26 heavy (non-hydrogen) atoms. The van der Waals surface area contributed by atoms with E-state index in [1.54, 1.807) is 30.3 Å². The van der Waals surface area contributed by atoms with Crippen LogP contribution in [0.15, 0.2) is 30.3 Å². The maximum Gasteiger partial charge on any atom is 0.295 e. The van der Waals surface area contributed by atoms with Crippen LogP contribution in [0.2, 0.25) is 0 Å². The van der Waals surface area contributed by atoms with Gasteiger partial charge in [-0.1, -0.05) is 42.1 Å². The molecular formula is C17H21N3O5S. The minimum absolute atomic E-state index is 0.0652. The lowest BCUT2D eigenvalue weighted by Crippen LogP contribution is -2.51. The number of thioether (sulfide) groups is 1. The number of carbonyl (C=O) groups is 4. The van der Waals surface area contributed by atoms with Crippen molar-refractivity contribution < 1.29 is 23.9 Å². The Bertz CT molecular complexity index is 655. The van der Waals surface area contributed by atoms with Gasteiger partial charge in [0.1, 0.15) is 6.04 Å². The van der Waals surface area contributed by atoms with Gasteiger partial charge in [-0.15, -0.1) is 0 Å². The summed E-state index contributed by atoms with van der Waals surface area (Å²) in [6, 6.07) is 8.02. The highest BCUT2D eigenvalue weighted by Crippen LogP contribution is 2.18. The molecule has 1 fully saturated rings. The molecule has 0 aliphatic carbocycles.